The number of hydrogen-bond donors (Lipinski definition) is 1. The first-order valence-electron chi connectivity index (χ1n) is 16.4. The van der Waals surface area contributed by atoms with Crippen LogP contribution in [0.15, 0.2) is 71.5 Å². The van der Waals surface area contributed by atoms with Gasteiger partial charge in [0.1, 0.15) is 5.75 Å². The smallest absolute Gasteiger partial charge is 0.239 e. The fourth-order valence-corrected chi connectivity index (χ4v) is 5.97. The monoisotopic (exact) mass is 668 g/mol. The van der Waals surface area contributed by atoms with Crippen LogP contribution in [0.25, 0.3) is 11.4 Å². The molecular formula is C36H40N6O7. The molecule has 13 nitrogen and oxygen atoms in total. The minimum absolute atomic E-state index is 0.0172. The van der Waals surface area contributed by atoms with Crippen LogP contribution in [0, 0.1) is 0 Å². The van der Waals surface area contributed by atoms with E-state index in [0.717, 1.165) is 16.7 Å². The lowest BCUT2D eigenvalue weighted by Crippen LogP contribution is -2.57. The van der Waals surface area contributed by atoms with E-state index >= 15 is 0 Å². The number of hydrogen-bond acceptors (Lipinski definition) is 10. The molecule has 0 aliphatic carbocycles. The molecule has 0 radical (unpaired) electrons. The Morgan fingerprint density at radius 3 is 2.82 bits per heavy atom. The highest BCUT2D eigenvalue weighted by atomic mass is 16.5. The van der Waals surface area contributed by atoms with Gasteiger partial charge in [0.15, 0.2) is 11.5 Å². The van der Waals surface area contributed by atoms with Crippen LogP contribution >= 0.6 is 0 Å². The number of aryl methyl sites for hydroxylation is 2. The molecule has 3 aliphatic heterocycles. The summed E-state index contributed by atoms with van der Waals surface area (Å²) in [6, 6.07) is 16.5. The summed E-state index contributed by atoms with van der Waals surface area (Å²) in [5, 5.41) is 7.10. The molecule has 3 amide bonds. The summed E-state index contributed by atoms with van der Waals surface area (Å²) < 4.78 is 23.5. The van der Waals surface area contributed by atoms with Crippen LogP contribution in [0.5, 0.6) is 17.2 Å². The predicted octanol–water partition coefficient (Wildman–Crippen LogP) is 3.96. The fraction of sp³-hybridized carbons (Fsp3) is 0.389. The number of piperidine rings is 1. The summed E-state index contributed by atoms with van der Waals surface area (Å²) in [7, 11) is 3.20. The van der Waals surface area contributed by atoms with E-state index in [0.29, 0.717) is 74.2 Å². The van der Waals surface area contributed by atoms with Gasteiger partial charge in [-0.15, -0.1) is 0 Å². The average Bonchev–Trinajstić information content (AvgIpc) is 3.59. The predicted molar refractivity (Wildman–Crippen MR) is 178 cm³/mol. The molecule has 4 aromatic rings. The van der Waals surface area contributed by atoms with Crippen LogP contribution in [-0.4, -0.2) is 88.6 Å². The number of nitrogens with zero attached hydrogens (tertiary/aromatic N) is 5. The molecule has 5 heterocycles. The first kappa shape index (κ1) is 33.6. The number of methoxy groups -OCH3 is 1. The van der Waals surface area contributed by atoms with Crippen molar-refractivity contribution in [3.63, 3.8) is 0 Å². The van der Waals surface area contributed by atoms with Crippen molar-refractivity contribution in [2.75, 3.05) is 33.8 Å². The maximum absolute atomic E-state index is 13.3. The van der Waals surface area contributed by atoms with Crippen molar-refractivity contribution in [2.24, 2.45) is 0 Å². The molecule has 1 saturated heterocycles. The highest BCUT2D eigenvalue weighted by Gasteiger charge is 2.33. The third-order valence-electron chi connectivity index (χ3n) is 8.68. The lowest BCUT2D eigenvalue weighted by atomic mass is 10.0. The zero-order valence-corrected chi connectivity index (χ0v) is 27.7. The first-order chi connectivity index (χ1) is 23.8. The molecule has 0 spiro atoms. The van der Waals surface area contributed by atoms with E-state index < -0.39 is 6.10 Å². The van der Waals surface area contributed by atoms with Crippen molar-refractivity contribution in [1.29, 1.82) is 0 Å². The number of ether oxygens (including phenoxy) is 3. The van der Waals surface area contributed by atoms with Crippen molar-refractivity contribution in [1.82, 2.24) is 30.2 Å². The first-order valence-corrected chi connectivity index (χ1v) is 16.4. The van der Waals surface area contributed by atoms with E-state index in [2.05, 4.69) is 20.4 Å². The highest BCUT2D eigenvalue weighted by molar-refractivity contribution is 5.85. The molecule has 49 heavy (non-hydrogen) atoms. The van der Waals surface area contributed by atoms with E-state index in [4.69, 9.17) is 18.7 Å². The minimum Gasteiger partial charge on any atom is -0.493 e. The van der Waals surface area contributed by atoms with Gasteiger partial charge in [0, 0.05) is 57.4 Å². The number of amides is 3. The van der Waals surface area contributed by atoms with Gasteiger partial charge >= 0.3 is 0 Å². The molecular weight excluding hydrogens is 628 g/mol. The Morgan fingerprint density at radius 2 is 1.98 bits per heavy atom. The molecule has 1 fully saturated rings. The Bertz CT molecular complexity index is 1760. The van der Waals surface area contributed by atoms with Crippen molar-refractivity contribution in [3.05, 3.63) is 84.0 Å². The molecule has 2 aromatic heterocycles. The number of likely N-dealkylation sites (N-methyl/N-ethyl adjacent to an activating group) is 1. The largest absolute Gasteiger partial charge is 0.493 e. The number of nitrogens with one attached hydrogen (secondary N) is 1. The SMILES string of the molecule is COc1cc2ccc1Oc1cccc(c1)CO[C@H]1CN(C(=O)CCCc3nc(-c4cccnc4)no3)CC[C@@H]1NC(=O)CN(C)C(=O)CC2. The molecule has 0 unspecified atom stereocenters. The van der Waals surface area contributed by atoms with Gasteiger partial charge in [-0.3, -0.25) is 19.4 Å². The number of pyridine rings is 1. The average molecular weight is 669 g/mol. The zero-order chi connectivity index (χ0) is 34.2. The normalized spacial score (nSPS) is 18.8. The van der Waals surface area contributed by atoms with Crippen molar-refractivity contribution >= 4 is 17.7 Å². The molecule has 7 rings (SSSR count). The lowest BCUT2D eigenvalue weighted by Gasteiger charge is -2.39. The topological polar surface area (TPSA) is 149 Å². The quantitative estimate of drug-likeness (QED) is 0.320. The van der Waals surface area contributed by atoms with Gasteiger partial charge in [0.2, 0.25) is 29.4 Å². The summed E-state index contributed by atoms with van der Waals surface area (Å²) in [6.45, 7) is 0.929. The number of fused-ring (bicyclic) bond motifs is 9. The van der Waals surface area contributed by atoms with Gasteiger partial charge < -0.3 is 33.9 Å². The number of benzene rings is 2. The number of carbonyl (C=O) groups is 3. The van der Waals surface area contributed by atoms with Crippen LogP contribution < -0.4 is 14.8 Å². The maximum atomic E-state index is 13.3. The van der Waals surface area contributed by atoms with Gasteiger partial charge in [-0.05, 0) is 66.8 Å². The molecule has 13 heteroatoms. The molecule has 4 bridgehead atoms. The van der Waals surface area contributed by atoms with E-state index in [1.807, 2.05) is 48.5 Å². The Hall–Kier alpha value is -5.30. The summed E-state index contributed by atoms with van der Waals surface area (Å²) in [5.74, 6) is 2.19. The van der Waals surface area contributed by atoms with Crippen LogP contribution in [0.3, 0.4) is 0 Å². The summed E-state index contributed by atoms with van der Waals surface area (Å²) in [6.07, 6.45) is 5.40. The van der Waals surface area contributed by atoms with E-state index in [1.165, 1.54) is 4.90 Å². The second-order valence-corrected chi connectivity index (χ2v) is 12.2. The third-order valence-corrected chi connectivity index (χ3v) is 8.68. The van der Waals surface area contributed by atoms with Crippen LogP contribution in [0.2, 0.25) is 0 Å². The maximum Gasteiger partial charge on any atom is 0.239 e. The van der Waals surface area contributed by atoms with E-state index in [-0.39, 0.29) is 43.3 Å². The number of rotatable bonds is 6. The Balaban J connectivity index is 1.13. The van der Waals surface area contributed by atoms with Gasteiger partial charge in [-0.2, -0.15) is 4.98 Å². The van der Waals surface area contributed by atoms with Crippen molar-refractivity contribution in [3.8, 4) is 28.6 Å². The van der Waals surface area contributed by atoms with E-state index in [1.54, 1.807) is 37.5 Å². The number of likely N-dealkylation sites (tertiary alicyclic amines) is 1. The van der Waals surface area contributed by atoms with Crippen LogP contribution in [0.1, 0.15) is 42.7 Å². The van der Waals surface area contributed by atoms with E-state index in [9.17, 15) is 14.4 Å². The third kappa shape index (κ3) is 8.79. The second-order valence-electron chi connectivity index (χ2n) is 12.2. The van der Waals surface area contributed by atoms with Gasteiger partial charge in [-0.25, -0.2) is 0 Å². The molecule has 1 N–H and O–H groups in total. The molecule has 0 saturated carbocycles. The standard InChI is InChI=1S/C36H40N6O7/c1-41-22-32(43)38-28-15-17-42(35(45)10-4-9-33-39-36(40-49-33)26-7-5-16-37-20-26)21-31(28)47-23-25-6-3-8-27(18-25)48-29-13-11-24(12-14-34(41)44)19-30(29)46-2/h3,5-8,11,13,16,18-20,28,31H,4,9-10,12,14-15,17,21-23H2,1-2H3,(H,38,43)/t28-,31-/m0/s1. The second kappa shape index (κ2) is 15.7. The lowest BCUT2D eigenvalue weighted by molar-refractivity contribution is -0.139. The van der Waals surface area contributed by atoms with Gasteiger partial charge in [0.05, 0.1) is 32.4 Å². The molecule has 2 atom stereocenters. The Labute approximate surface area is 284 Å². The summed E-state index contributed by atoms with van der Waals surface area (Å²) in [4.78, 5) is 51.1. The van der Waals surface area contributed by atoms with Crippen LogP contribution in [-0.2, 0) is 38.6 Å². The zero-order valence-electron chi connectivity index (χ0n) is 27.7. The van der Waals surface area contributed by atoms with Gasteiger partial charge in [0.25, 0.3) is 0 Å². The van der Waals surface area contributed by atoms with Crippen molar-refractivity contribution in [2.45, 2.75) is 57.3 Å². The summed E-state index contributed by atoms with van der Waals surface area (Å²) >= 11 is 0. The summed E-state index contributed by atoms with van der Waals surface area (Å²) in [5.41, 5.74) is 2.55. The highest BCUT2D eigenvalue weighted by Crippen LogP contribution is 2.33. The van der Waals surface area contributed by atoms with Gasteiger partial charge in [-0.1, -0.05) is 23.4 Å². The molecule has 3 aliphatic rings. The van der Waals surface area contributed by atoms with Crippen LogP contribution in [0.4, 0.5) is 0 Å². The molecule has 256 valence electrons. The number of carbonyl (C=O) groups excluding carboxylic acids is 3. The molecule has 2 aromatic carbocycles. The Morgan fingerprint density at radius 1 is 1.08 bits per heavy atom. The number of aromatic nitrogens is 3. The van der Waals surface area contributed by atoms with Crippen molar-refractivity contribution < 1.29 is 33.1 Å². The Kier molecular flexibility index (Phi) is 10.8. The fourth-order valence-electron chi connectivity index (χ4n) is 5.97. The minimum atomic E-state index is -0.473.